The van der Waals surface area contributed by atoms with Crippen molar-refractivity contribution in [2.75, 3.05) is 0 Å². The molecule has 3 rings (SSSR count). The molecule has 2 N–H and O–H groups in total. The van der Waals surface area contributed by atoms with Crippen LogP contribution < -0.4 is 0 Å². The molecule has 0 fully saturated rings. The van der Waals surface area contributed by atoms with Crippen molar-refractivity contribution < 1.29 is 0 Å². The first-order valence-electron chi connectivity index (χ1n) is 5.24. The van der Waals surface area contributed by atoms with Crippen molar-refractivity contribution in [1.82, 2.24) is 9.97 Å². The van der Waals surface area contributed by atoms with E-state index in [4.69, 9.17) is 0 Å². The molecular formula is C12H14N2. The van der Waals surface area contributed by atoms with E-state index in [9.17, 15) is 0 Å². The molecule has 0 spiro atoms. The molecule has 0 radical (unpaired) electrons. The molecular weight excluding hydrogens is 172 g/mol. The first-order chi connectivity index (χ1) is 6.90. The number of aromatic nitrogens is 2. The molecule has 0 aliphatic carbocycles. The maximum absolute atomic E-state index is 3.47. The number of nitrogens with one attached hydrogen (secondary N) is 2. The zero-order valence-corrected chi connectivity index (χ0v) is 8.14. The fraction of sp³-hybridized carbons (Fsp3) is 0.333. The van der Waals surface area contributed by atoms with Crippen LogP contribution in [-0.4, -0.2) is 9.97 Å². The van der Waals surface area contributed by atoms with Crippen molar-refractivity contribution in [2.45, 2.75) is 25.7 Å². The summed E-state index contributed by atoms with van der Waals surface area (Å²) in [4.78, 5) is 6.94. The summed E-state index contributed by atoms with van der Waals surface area (Å²) in [5.41, 5.74) is 5.44. The minimum Gasteiger partial charge on any atom is -0.362 e. The molecule has 1 aliphatic heterocycles. The van der Waals surface area contributed by atoms with Crippen molar-refractivity contribution in [3.63, 3.8) is 0 Å². The van der Waals surface area contributed by atoms with E-state index in [1.165, 1.54) is 22.8 Å². The van der Waals surface area contributed by atoms with Gasteiger partial charge in [0, 0.05) is 22.8 Å². The van der Waals surface area contributed by atoms with Crippen LogP contribution >= 0.6 is 0 Å². The average Bonchev–Trinajstić information content (AvgIpc) is 2.78. The van der Waals surface area contributed by atoms with Crippen LogP contribution in [0.15, 0.2) is 24.3 Å². The Morgan fingerprint density at radius 2 is 0.857 bits per heavy atom. The van der Waals surface area contributed by atoms with Gasteiger partial charge in [0.1, 0.15) is 0 Å². The van der Waals surface area contributed by atoms with Crippen molar-refractivity contribution in [1.29, 1.82) is 0 Å². The van der Waals surface area contributed by atoms with Crippen LogP contribution in [0.25, 0.3) is 0 Å². The standard InChI is InChI=1S/C12H14N2/c1-2-10-7-8-12-4-3-11(14-12)6-5-9(1)13-10/h1-4,13-14H,5-8H2. The highest BCUT2D eigenvalue weighted by Crippen LogP contribution is 2.13. The van der Waals surface area contributed by atoms with Crippen LogP contribution in [-0.2, 0) is 25.7 Å². The minimum absolute atomic E-state index is 1.11. The summed E-state index contributed by atoms with van der Waals surface area (Å²) in [7, 11) is 0. The van der Waals surface area contributed by atoms with Gasteiger partial charge in [-0.2, -0.15) is 0 Å². The van der Waals surface area contributed by atoms with Gasteiger partial charge in [0.15, 0.2) is 0 Å². The predicted octanol–water partition coefficient (Wildman–Crippen LogP) is 2.23. The normalized spacial score (nSPS) is 15.4. The Hall–Kier alpha value is -1.44. The van der Waals surface area contributed by atoms with Crippen molar-refractivity contribution >= 4 is 0 Å². The van der Waals surface area contributed by atoms with Gasteiger partial charge in [-0.25, -0.2) is 0 Å². The Balaban J connectivity index is 1.95. The monoisotopic (exact) mass is 186 g/mol. The predicted molar refractivity (Wildman–Crippen MR) is 56.4 cm³/mol. The molecule has 72 valence electrons. The molecule has 0 aromatic carbocycles. The van der Waals surface area contributed by atoms with Crippen LogP contribution in [0.2, 0.25) is 0 Å². The second-order valence-electron chi connectivity index (χ2n) is 4.02. The lowest BCUT2D eigenvalue weighted by Gasteiger charge is -2.02. The molecule has 2 aromatic rings. The fourth-order valence-electron chi connectivity index (χ4n) is 2.10. The van der Waals surface area contributed by atoms with Crippen LogP contribution in [0.1, 0.15) is 22.8 Å². The molecule has 2 nitrogen and oxygen atoms in total. The summed E-state index contributed by atoms with van der Waals surface area (Å²) in [6.07, 6.45) is 4.44. The van der Waals surface area contributed by atoms with Gasteiger partial charge in [-0.15, -0.1) is 0 Å². The molecule has 2 aromatic heterocycles. The third-order valence-corrected chi connectivity index (χ3v) is 2.94. The van der Waals surface area contributed by atoms with Crippen LogP contribution in [0, 0.1) is 0 Å². The summed E-state index contributed by atoms with van der Waals surface area (Å²) in [5.74, 6) is 0. The maximum Gasteiger partial charge on any atom is 0.0153 e. The molecule has 4 bridgehead atoms. The smallest absolute Gasteiger partial charge is 0.0153 e. The van der Waals surface area contributed by atoms with Gasteiger partial charge in [0.25, 0.3) is 0 Å². The number of rotatable bonds is 0. The van der Waals surface area contributed by atoms with E-state index >= 15 is 0 Å². The summed E-state index contributed by atoms with van der Waals surface area (Å²) in [5, 5.41) is 0. The highest BCUT2D eigenvalue weighted by molar-refractivity contribution is 5.20. The molecule has 1 aliphatic rings. The van der Waals surface area contributed by atoms with Gasteiger partial charge < -0.3 is 9.97 Å². The van der Waals surface area contributed by atoms with Gasteiger partial charge >= 0.3 is 0 Å². The summed E-state index contributed by atoms with van der Waals surface area (Å²) in [6, 6.07) is 8.85. The molecule has 0 saturated carbocycles. The summed E-state index contributed by atoms with van der Waals surface area (Å²) < 4.78 is 0. The van der Waals surface area contributed by atoms with E-state index in [-0.39, 0.29) is 0 Å². The second kappa shape index (κ2) is 3.05. The SMILES string of the molecule is c1cc2[nH]c1CCc1ccc([nH]1)CC2. The molecule has 0 saturated heterocycles. The third kappa shape index (κ3) is 1.37. The lowest BCUT2D eigenvalue weighted by molar-refractivity contribution is 0.828. The lowest BCUT2D eigenvalue weighted by Crippen LogP contribution is -1.98. The van der Waals surface area contributed by atoms with E-state index in [2.05, 4.69) is 34.2 Å². The molecule has 0 atom stereocenters. The topological polar surface area (TPSA) is 31.6 Å². The second-order valence-corrected chi connectivity index (χ2v) is 4.02. The highest BCUT2D eigenvalue weighted by Gasteiger charge is 2.06. The van der Waals surface area contributed by atoms with Gasteiger partial charge in [-0.05, 0) is 49.9 Å². The van der Waals surface area contributed by atoms with Crippen LogP contribution in [0.3, 0.4) is 0 Å². The number of hydrogen-bond acceptors (Lipinski definition) is 0. The molecule has 0 unspecified atom stereocenters. The van der Waals surface area contributed by atoms with E-state index in [0.29, 0.717) is 0 Å². The Morgan fingerprint density at radius 3 is 1.14 bits per heavy atom. The largest absolute Gasteiger partial charge is 0.362 e. The Labute approximate surface area is 83.4 Å². The quantitative estimate of drug-likeness (QED) is 0.632. The van der Waals surface area contributed by atoms with Gasteiger partial charge in [0.05, 0.1) is 0 Å². The van der Waals surface area contributed by atoms with Gasteiger partial charge in [-0.1, -0.05) is 0 Å². The van der Waals surface area contributed by atoms with Gasteiger partial charge in [0.2, 0.25) is 0 Å². The number of hydrogen-bond donors (Lipinski definition) is 2. The Bertz CT molecular complexity index is 357. The van der Waals surface area contributed by atoms with Crippen molar-refractivity contribution in [3.8, 4) is 0 Å². The third-order valence-electron chi connectivity index (χ3n) is 2.94. The number of aryl methyl sites for hydroxylation is 4. The zero-order chi connectivity index (χ0) is 9.38. The van der Waals surface area contributed by atoms with E-state index in [1.807, 2.05) is 0 Å². The molecule has 2 heteroatoms. The van der Waals surface area contributed by atoms with Crippen LogP contribution in [0.4, 0.5) is 0 Å². The van der Waals surface area contributed by atoms with E-state index < -0.39 is 0 Å². The van der Waals surface area contributed by atoms with E-state index in [1.54, 1.807) is 0 Å². The maximum atomic E-state index is 3.47. The average molecular weight is 186 g/mol. The lowest BCUT2D eigenvalue weighted by atomic mass is 10.2. The van der Waals surface area contributed by atoms with E-state index in [0.717, 1.165) is 25.7 Å². The molecule has 0 amide bonds. The molecule has 14 heavy (non-hydrogen) atoms. The number of aromatic amines is 2. The number of fused-ring (bicyclic) bond motifs is 4. The Morgan fingerprint density at radius 1 is 0.571 bits per heavy atom. The fourth-order valence-corrected chi connectivity index (χ4v) is 2.10. The zero-order valence-electron chi connectivity index (χ0n) is 8.14. The Kier molecular flexibility index (Phi) is 1.72. The van der Waals surface area contributed by atoms with Crippen LogP contribution in [0.5, 0.6) is 0 Å². The summed E-state index contributed by atoms with van der Waals surface area (Å²) in [6.45, 7) is 0. The highest BCUT2D eigenvalue weighted by atomic mass is 14.8. The first-order valence-corrected chi connectivity index (χ1v) is 5.24. The minimum atomic E-state index is 1.11. The van der Waals surface area contributed by atoms with Gasteiger partial charge in [-0.3, -0.25) is 0 Å². The first kappa shape index (κ1) is 7.92. The number of H-pyrrole nitrogens is 2. The van der Waals surface area contributed by atoms with Crippen molar-refractivity contribution in [2.24, 2.45) is 0 Å². The summed E-state index contributed by atoms with van der Waals surface area (Å²) >= 11 is 0. The van der Waals surface area contributed by atoms with Crippen molar-refractivity contribution in [3.05, 3.63) is 47.0 Å². The molecule has 3 heterocycles.